The molecule has 1 aliphatic rings. The van der Waals surface area contributed by atoms with E-state index in [-0.39, 0.29) is 18.3 Å². The molecule has 1 heterocycles. The molecule has 2 N–H and O–H groups in total. The number of ether oxygens (including phenoxy) is 1. The van der Waals surface area contributed by atoms with Gasteiger partial charge in [-0.3, -0.25) is 9.79 Å². The van der Waals surface area contributed by atoms with Crippen LogP contribution in [0.5, 0.6) is 0 Å². The Morgan fingerprint density at radius 3 is 2.56 bits per heavy atom. The summed E-state index contributed by atoms with van der Waals surface area (Å²) in [6.07, 6.45) is 2.74. The zero-order valence-corrected chi connectivity index (χ0v) is 16.7. The molecule has 8 nitrogen and oxygen atoms in total. The third-order valence-corrected chi connectivity index (χ3v) is 5.05. The fourth-order valence-corrected chi connectivity index (χ4v) is 3.10. The number of aliphatic imine (C=N–C) groups is 1. The highest BCUT2D eigenvalue weighted by Crippen LogP contribution is 2.21. The van der Waals surface area contributed by atoms with E-state index >= 15 is 0 Å². The van der Waals surface area contributed by atoms with Gasteiger partial charge >= 0.3 is 0 Å². The summed E-state index contributed by atoms with van der Waals surface area (Å²) in [6.45, 7) is 2.51. The number of amides is 1. The van der Waals surface area contributed by atoms with Crippen LogP contribution in [0, 0.1) is 0 Å². The van der Waals surface area contributed by atoms with Gasteiger partial charge in [0.15, 0.2) is 5.96 Å². The molecule has 0 aromatic heterocycles. The monoisotopic (exact) mass is 396 g/mol. The molecule has 0 radical (unpaired) electrons. The standard InChI is InChI=1S/C18H28N4O4S/c1-19-18(20-9-11-26-12-13-27(2,24)25)21-14-15-5-7-16(8-6-15)22-10-3-4-17(22)23/h5-8H,3-4,9-14H2,1-2H3,(H2,19,20,21). The van der Waals surface area contributed by atoms with Crippen molar-refractivity contribution in [3.05, 3.63) is 29.8 Å². The van der Waals surface area contributed by atoms with Crippen LogP contribution in [0.2, 0.25) is 0 Å². The van der Waals surface area contributed by atoms with Crippen molar-refractivity contribution in [2.75, 3.05) is 50.3 Å². The number of carbonyl (C=O) groups is 1. The Hall–Kier alpha value is -2.13. The Bertz CT molecular complexity index is 747. The van der Waals surface area contributed by atoms with Gasteiger partial charge in [-0.1, -0.05) is 12.1 Å². The van der Waals surface area contributed by atoms with Crippen molar-refractivity contribution in [1.82, 2.24) is 10.6 Å². The van der Waals surface area contributed by atoms with Crippen LogP contribution in [0.15, 0.2) is 29.3 Å². The number of guanidine groups is 1. The average Bonchev–Trinajstić information content (AvgIpc) is 3.06. The molecule has 1 aliphatic heterocycles. The maximum Gasteiger partial charge on any atom is 0.227 e. The Kier molecular flexibility index (Phi) is 8.05. The highest BCUT2D eigenvalue weighted by atomic mass is 32.2. The molecule has 0 aliphatic carbocycles. The minimum Gasteiger partial charge on any atom is -0.379 e. The largest absolute Gasteiger partial charge is 0.379 e. The van der Waals surface area contributed by atoms with Crippen LogP contribution in [0.4, 0.5) is 5.69 Å². The molecule has 0 bridgehead atoms. The summed E-state index contributed by atoms with van der Waals surface area (Å²) < 4.78 is 27.3. The van der Waals surface area contributed by atoms with Gasteiger partial charge in [-0.2, -0.15) is 0 Å². The zero-order valence-electron chi connectivity index (χ0n) is 15.9. The number of benzene rings is 1. The molecular weight excluding hydrogens is 368 g/mol. The zero-order chi connectivity index (χ0) is 19.7. The summed E-state index contributed by atoms with van der Waals surface area (Å²) in [5.74, 6) is 0.851. The Morgan fingerprint density at radius 2 is 1.96 bits per heavy atom. The normalized spacial score (nSPS) is 15.3. The van der Waals surface area contributed by atoms with Gasteiger partial charge in [-0.25, -0.2) is 8.42 Å². The second kappa shape index (κ2) is 10.3. The van der Waals surface area contributed by atoms with E-state index < -0.39 is 9.84 Å². The first kappa shape index (κ1) is 21.2. The lowest BCUT2D eigenvalue weighted by atomic mass is 10.2. The molecule has 27 heavy (non-hydrogen) atoms. The van der Waals surface area contributed by atoms with E-state index in [9.17, 15) is 13.2 Å². The van der Waals surface area contributed by atoms with E-state index in [1.165, 1.54) is 6.26 Å². The molecule has 0 unspecified atom stereocenters. The molecule has 1 fully saturated rings. The lowest BCUT2D eigenvalue weighted by Gasteiger charge is -2.16. The van der Waals surface area contributed by atoms with Gasteiger partial charge in [-0.05, 0) is 24.1 Å². The summed E-state index contributed by atoms with van der Waals surface area (Å²) in [4.78, 5) is 17.7. The maximum atomic E-state index is 11.8. The first-order valence-electron chi connectivity index (χ1n) is 8.98. The first-order chi connectivity index (χ1) is 12.9. The summed E-state index contributed by atoms with van der Waals surface area (Å²) in [7, 11) is -1.30. The predicted octanol–water partition coefficient (Wildman–Crippen LogP) is 0.540. The van der Waals surface area contributed by atoms with Gasteiger partial charge in [0.25, 0.3) is 0 Å². The molecule has 1 amide bonds. The highest BCUT2D eigenvalue weighted by Gasteiger charge is 2.21. The van der Waals surface area contributed by atoms with Gasteiger partial charge in [0.2, 0.25) is 5.91 Å². The quantitative estimate of drug-likeness (QED) is 0.359. The Labute approximate surface area is 160 Å². The van der Waals surface area contributed by atoms with Gasteiger partial charge in [0.1, 0.15) is 9.84 Å². The average molecular weight is 397 g/mol. The maximum absolute atomic E-state index is 11.8. The van der Waals surface area contributed by atoms with Crippen molar-refractivity contribution in [3.63, 3.8) is 0 Å². The summed E-state index contributed by atoms with van der Waals surface area (Å²) in [5, 5.41) is 6.32. The van der Waals surface area contributed by atoms with Crippen LogP contribution in [0.25, 0.3) is 0 Å². The van der Waals surface area contributed by atoms with Gasteiger partial charge in [-0.15, -0.1) is 0 Å². The molecule has 1 aromatic rings. The number of nitrogens with zero attached hydrogens (tertiary/aromatic N) is 2. The minimum absolute atomic E-state index is 0.0268. The first-order valence-corrected chi connectivity index (χ1v) is 11.0. The summed E-state index contributed by atoms with van der Waals surface area (Å²) in [5.41, 5.74) is 2.02. The van der Waals surface area contributed by atoms with Crippen LogP contribution in [0.1, 0.15) is 18.4 Å². The number of carbonyl (C=O) groups excluding carboxylic acids is 1. The Morgan fingerprint density at radius 1 is 1.22 bits per heavy atom. The number of nitrogens with one attached hydrogen (secondary N) is 2. The fraction of sp³-hybridized carbons (Fsp3) is 0.556. The van der Waals surface area contributed by atoms with Crippen LogP contribution >= 0.6 is 0 Å². The van der Waals surface area contributed by atoms with Crippen LogP contribution in [-0.2, 0) is 25.9 Å². The Balaban J connectivity index is 1.68. The molecule has 0 saturated carbocycles. The number of hydrogen-bond donors (Lipinski definition) is 2. The fourth-order valence-electron chi connectivity index (χ4n) is 2.68. The number of sulfone groups is 1. The molecule has 0 spiro atoms. The van der Waals surface area contributed by atoms with Crippen molar-refractivity contribution in [2.24, 2.45) is 4.99 Å². The van der Waals surface area contributed by atoms with Gasteiger partial charge in [0.05, 0.1) is 19.0 Å². The van der Waals surface area contributed by atoms with Crippen molar-refractivity contribution < 1.29 is 17.9 Å². The van der Waals surface area contributed by atoms with Gasteiger partial charge < -0.3 is 20.3 Å². The summed E-state index contributed by atoms with van der Waals surface area (Å²) >= 11 is 0. The van der Waals surface area contributed by atoms with Crippen molar-refractivity contribution in [1.29, 1.82) is 0 Å². The molecule has 0 atom stereocenters. The minimum atomic E-state index is -2.99. The third kappa shape index (κ3) is 7.56. The molecule has 1 aromatic carbocycles. The van der Waals surface area contributed by atoms with Crippen LogP contribution in [0.3, 0.4) is 0 Å². The second-order valence-electron chi connectivity index (χ2n) is 6.41. The lowest BCUT2D eigenvalue weighted by Crippen LogP contribution is -2.38. The van der Waals surface area contributed by atoms with E-state index in [4.69, 9.17) is 4.74 Å². The molecule has 9 heteroatoms. The van der Waals surface area contributed by atoms with Gasteiger partial charge in [0, 0.05) is 45.0 Å². The van der Waals surface area contributed by atoms with Crippen molar-refractivity contribution in [2.45, 2.75) is 19.4 Å². The topological polar surface area (TPSA) is 100 Å². The lowest BCUT2D eigenvalue weighted by molar-refractivity contribution is -0.117. The second-order valence-corrected chi connectivity index (χ2v) is 8.67. The smallest absolute Gasteiger partial charge is 0.227 e. The van der Waals surface area contributed by atoms with Crippen LogP contribution < -0.4 is 15.5 Å². The van der Waals surface area contributed by atoms with E-state index in [0.29, 0.717) is 32.1 Å². The van der Waals surface area contributed by atoms with E-state index in [0.717, 1.165) is 24.2 Å². The highest BCUT2D eigenvalue weighted by molar-refractivity contribution is 7.90. The molecular formula is C18H28N4O4S. The predicted molar refractivity (Wildman–Crippen MR) is 107 cm³/mol. The van der Waals surface area contributed by atoms with E-state index in [1.807, 2.05) is 29.2 Å². The third-order valence-electron chi connectivity index (χ3n) is 4.14. The molecule has 1 saturated heterocycles. The van der Waals surface area contributed by atoms with Crippen molar-refractivity contribution in [3.8, 4) is 0 Å². The van der Waals surface area contributed by atoms with Crippen LogP contribution in [-0.4, -0.2) is 65.6 Å². The molecule has 150 valence electrons. The van der Waals surface area contributed by atoms with E-state index in [2.05, 4.69) is 15.6 Å². The number of anilines is 1. The SMILES string of the molecule is CN=C(NCCOCCS(C)(=O)=O)NCc1ccc(N2CCCC2=O)cc1. The van der Waals surface area contributed by atoms with E-state index in [1.54, 1.807) is 7.05 Å². The number of hydrogen-bond acceptors (Lipinski definition) is 5. The summed E-state index contributed by atoms with van der Waals surface area (Å²) in [6, 6.07) is 7.92. The number of rotatable bonds is 9. The van der Waals surface area contributed by atoms with Crippen molar-refractivity contribution >= 4 is 27.4 Å². The molecule has 2 rings (SSSR count).